The lowest BCUT2D eigenvalue weighted by Crippen LogP contribution is -2.57. The minimum Gasteiger partial charge on any atom is -0.349 e. The van der Waals surface area contributed by atoms with E-state index in [0.717, 1.165) is 12.1 Å². The standard InChI is InChI=1S/C23H19F4N3O3/c24-17-7-14(11-1-3-12(4-2-11)16-9-23(16,26)27)15(8-18(17)25)19(31)28-10-22(13-5-6-13)20(32)29-21(33)30-22/h1-4,7-8,13,16H,5-6,9-10H2,(H,28,31)(H2,29,30,32,33)/t16?,22-/m0/s1. The first kappa shape index (κ1) is 21.4. The topological polar surface area (TPSA) is 87.3 Å². The number of carbonyl (C=O) groups is 3. The number of hydrogen-bond donors (Lipinski definition) is 3. The molecule has 1 heterocycles. The average Bonchev–Trinajstić information content (AvgIpc) is 3.68. The highest BCUT2D eigenvalue weighted by atomic mass is 19.3. The molecular formula is C23H19F4N3O3. The predicted molar refractivity (Wildman–Crippen MR) is 109 cm³/mol. The van der Waals surface area contributed by atoms with Gasteiger partial charge in [0.25, 0.3) is 17.7 Å². The Bertz CT molecular complexity index is 1180. The number of benzene rings is 2. The van der Waals surface area contributed by atoms with Gasteiger partial charge in [-0.2, -0.15) is 0 Å². The monoisotopic (exact) mass is 461 g/mol. The van der Waals surface area contributed by atoms with E-state index in [4.69, 9.17) is 0 Å². The molecule has 10 heteroatoms. The number of carbonyl (C=O) groups excluding carboxylic acids is 3. The number of hydrogen-bond acceptors (Lipinski definition) is 3. The Morgan fingerprint density at radius 2 is 1.70 bits per heavy atom. The molecule has 2 atom stereocenters. The van der Waals surface area contributed by atoms with Gasteiger partial charge in [-0.15, -0.1) is 0 Å². The normalized spacial score (nSPS) is 25.4. The lowest BCUT2D eigenvalue weighted by molar-refractivity contribution is -0.124. The van der Waals surface area contributed by atoms with E-state index in [2.05, 4.69) is 16.0 Å². The summed E-state index contributed by atoms with van der Waals surface area (Å²) in [7, 11) is 0. The van der Waals surface area contributed by atoms with Crippen LogP contribution >= 0.6 is 0 Å². The van der Waals surface area contributed by atoms with Crippen molar-refractivity contribution < 1.29 is 31.9 Å². The Kier molecular flexibility index (Phi) is 4.73. The maximum atomic E-state index is 14.0. The number of rotatable bonds is 6. The Morgan fingerprint density at radius 3 is 2.24 bits per heavy atom. The van der Waals surface area contributed by atoms with E-state index in [0.29, 0.717) is 24.0 Å². The van der Waals surface area contributed by atoms with Gasteiger partial charge in [0.1, 0.15) is 5.54 Å². The van der Waals surface area contributed by atoms with Crippen LogP contribution < -0.4 is 16.0 Å². The highest BCUT2D eigenvalue weighted by molar-refractivity contribution is 6.08. The number of imide groups is 1. The van der Waals surface area contributed by atoms with Crippen molar-refractivity contribution >= 4 is 17.8 Å². The van der Waals surface area contributed by atoms with Crippen LogP contribution in [0.5, 0.6) is 0 Å². The van der Waals surface area contributed by atoms with Crippen LogP contribution in [0.4, 0.5) is 22.4 Å². The maximum absolute atomic E-state index is 14.0. The summed E-state index contributed by atoms with van der Waals surface area (Å²) in [6.07, 6.45) is 1.16. The maximum Gasteiger partial charge on any atom is 0.322 e. The SMILES string of the molecule is O=C1NC(=O)[C@](CNC(=O)c2cc(F)c(F)cc2-c2ccc(C3CC3(F)F)cc2)(C2CC2)N1. The van der Waals surface area contributed by atoms with E-state index in [-0.39, 0.29) is 30.0 Å². The molecule has 0 bridgehead atoms. The molecule has 6 nitrogen and oxygen atoms in total. The van der Waals surface area contributed by atoms with Crippen LogP contribution in [0.25, 0.3) is 11.1 Å². The van der Waals surface area contributed by atoms with Crippen molar-refractivity contribution in [3.63, 3.8) is 0 Å². The van der Waals surface area contributed by atoms with Gasteiger partial charge in [0.15, 0.2) is 11.6 Å². The second kappa shape index (κ2) is 7.29. The van der Waals surface area contributed by atoms with Crippen molar-refractivity contribution in [3.05, 3.63) is 59.2 Å². The third kappa shape index (κ3) is 3.73. The molecule has 1 aliphatic heterocycles. The lowest BCUT2D eigenvalue weighted by Gasteiger charge is -2.26. The number of amides is 4. The van der Waals surface area contributed by atoms with Crippen molar-refractivity contribution in [2.45, 2.75) is 36.6 Å². The zero-order chi connectivity index (χ0) is 23.5. The van der Waals surface area contributed by atoms with Gasteiger partial charge < -0.3 is 10.6 Å². The zero-order valence-corrected chi connectivity index (χ0v) is 17.2. The molecule has 2 saturated carbocycles. The van der Waals surface area contributed by atoms with Crippen LogP contribution in [0.2, 0.25) is 0 Å². The van der Waals surface area contributed by atoms with Crippen molar-refractivity contribution in [2.24, 2.45) is 5.92 Å². The molecule has 2 aromatic rings. The fourth-order valence-electron chi connectivity index (χ4n) is 4.40. The van der Waals surface area contributed by atoms with Gasteiger partial charge in [-0.1, -0.05) is 24.3 Å². The predicted octanol–water partition coefficient (Wildman–Crippen LogP) is 3.47. The summed E-state index contributed by atoms with van der Waals surface area (Å²) < 4.78 is 54.7. The Balaban J connectivity index is 1.41. The van der Waals surface area contributed by atoms with Gasteiger partial charge >= 0.3 is 6.03 Å². The van der Waals surface area contributed by atoms with Crippen molar-refractivity contribution in [1.82, 2.24) is 16.0 Å². The summed E-state index contributed by atoms with van der Waals surface area (Å²) >= 11 is 0. The molecule has 1 unspecified atom stereocenters. The molecule has 172 valence electrons. The van der Waals surface area contributed by atoms with E-state index in [1.54, 1.807) is 0 Å². The first-order valence-electron chi connectivity index (χ1n) is 10.5. The number of nitrogens with one attached hydrogen (secondary N) is 3. The van der Waals surface area contributed by atoms with E-state index in [1.165, 1.54) is 24.3 Å². The van der Waals surface area contributed by atoms with E-state index in [9.17, 15) is 31.9 Å². The molecule has 33 heavy (non-hydrogen) atoms. The Morgan fingerprint density at radius 1 is 1.06 bits per heavy atom. The number of halogens is 4. The smallest absolute Gasteiger partial charge is 0.322 e. The minimum atomic E-state index is -2.74. The molecule has 3 N–H and O–H groups in total. The number of alkyl halides is 2. The average molecular weight is 461 g/mol. The highest BCUT2D eigenvalue weighted by Crippen LogP contribution is 2.55. The molecule has 0 radical (unpaired) electrons. The molecule has 0 spiro atoms. The largest absolute Gasteiger partial charge is 0.349 e. The molecule has 5 rings (SSSR count). The van der Waals surface area contributed by atoms with Crippen molar-refractivity contribution in [2.75, 3.05) is 6.54 Å². The van der Waals surface area contributed by atoms with Gasteiger partial charge in [-0.3, -0.25) is 14.9 Å². The second-order valence-corrected chi connectivity index (χ2v) is 8.79. The fourth-order valence-corrected chi connectivity index (χ4v) is 4.40. The Labute approximate surface area is 185 Å². The van der Waals surface area contributed by atoms with Crippen LogP contribution in [-0.4, -0.2) is 35.9 Å². The molecule has 0 aromatic heterocycles. The van der Waals surface area contributed by atoms with Crippen LogP contribution in [0.1, 0.15) is 41.1 Å². The van der Waals surface area contributed by atoms with Gasteiger partial charge in [0.05, 0.1) is 18.0 Å². The summed E-state index contributed by atoms with van der Waals surface area (Å²) in [5, 5.41) is 7.30. The van der Waals surface area contributed by atoms with Gasteiger partial charge in [0.2, 0.25) is 0 Å². The quantitative estimate of drug-likeness (QED) is 0.455. The molecular weight excluding hydrogens is 442 g/mol. The van der Waals surface area contributed by atoms with Crippen LogP contribution in [0.15, 0.2) is 36.4 Å². The van der Waals surface area contributed by atoms with E-state index < -0.39 is 46.9 Å². The van der Waals surface area contributed by atoms with Crippen LogP contribution in [0.3, 0.4) is 0 Å². The van der Waals surface area contributed by atoms with Crippen molar-refractivity contribution in [1.29, 1.82) is 0 Å². The summed E-state index contributed by atoms with van der Waals surface area (Å²) in [6, 6.07) is 6.86. The zero-order valence-electron chi connectivity index (χ0n) is 17.2. The third-order valence-electron chi connectivity index (χ3n) is 6.53. The van der Waals surface area contributed by atoms with E-state index in [1.807, 2.05) is 0 Å². The number of urea groups is 1. The third-order valence-corrected chi connectivity index (χ3v) is 6.53. The van der Waals surface area contributed by atoms with Gasteiger partial charge in [-0.05, 0) is 47.6 Å². The highest BCUT2D eigenvalue weighted by Gasteiger charge is 2.57. The fraction of sp³-hybridized carbons (Fsp3) is 0.348. The van der Waals surface area contributed by atoms with Crippen molar-refractivity contribution in [3.8, 4) is 11.1 Å². The molecule has 1 saturated heterocycles. The van der Waals surface area contributed by atoms with Crippen LogP contribution in [0, 0.1) is 17.6 Å². The first-order valence-corrected chi connectivity index (χ1v) is 10.5. The van der Waals surface area contributed by atoms with Gasteiger partial charge in [0, 0.05) is 6.42 Å². The molecule has 3 aliphatic rings. The summed E-state index contributed by atoms with van der Waals surface area (Å²) in [5.74, 6) is -7.47. The summed E-state index contributed by atoms with van der Waals surface area (Å²) in [5.41, 5.74) is -0.639. The first-order chi connectivity index (χ1) is 15.6. The minimum absolute atomic E-state index is 0.0703. The lowest BCUT2D eigenvalue weighted by atomic mass is 9.92. The van der Waals surface area contributed by atoms with Crippen LogP contribution in [-0.2, 0) is 4.79 Å². The summed E-state index contributed by atoms with van der Waals surface area (Å²) in [4.78, 5) is 37.0. The molecule has 3 fully saturated rings. The summed E-state index contributed by atoms with van der Waals surface area (Å²) in [6.45, 7) is -0.220. The molecule has 4 amide bonds. The molecule has 2 aliphatic carbocycles. The molecule has 2 aromatic carbocycles. The Hall–Kier alpha value is -3.43. The van der Waals surface area contributed by atoms with E-state index >= 15 is 0 Å². The van der Waals surface area contributed by atoms with Gasteiger partial charge in [-0.25, -0.2) is 22.4 Å². The second-order valence-electron chi connectivity index (χ2n) is 8.79.